The van der Waals surface area contributed by atoms with Gasteiger partial charge in [-0.1, -0.05) is 0 Å². The summed E-state index contributed by atoms with van der Waals surface area (Å²) < 4.78 is 0. The molecule has 7 nitrogen and oxygen atoms in total. The van der Waals surface area contributed by atoms with Crippen LogP contribution in [0.25, 0.3) is 0 Å². The van der Waals surface area contributed by atoms with Gasteiger partial charge in [-0.05, 0) is 12.1 Å². The van der Waals surface area contributed by atoms with Gasteiger partial charge < -0.3 is 5.73 Å². The van der Waals surface area contributed by atoms with Crippen LogP contribution in [0.1, 0.15) is 0 Å². The maximum absolute atomic E-state index is 10.4. The van der Waals surface area contributed by atoms with Crippen LogP contribution in [0.4, 0.5) is 11.4 Å². The normalized spacial score (nSPS) is 11.9. The molecule has 1 unspecified atom stereocenters. The number of rotatable bonds is 4. The molecule has 80 valence electrons. The van der Waals surface area contributed by atoms with Crippen molar-refractivity contribution in [3.05, 3.63) is 34.4 Å². The third-order valence-electron chi connectivity index (χ3n) is 1.82. The van der Waals surface area contributed by atoms with Crippen LogP contribution in [0, 0.1) is 10.1 Å². The summed E-state index contributed by atoms with van der Waals surface area (Å²) in [7, 11) is 0. The number of benzene rings is 1. The molecular formula is C8H10N4O3. The quantitative estimate of drug-likeness (QED) is 0.233. The van der Waals surface area contributed by atoms with Crippen molar-refractivity contribution in [3.63, 3.8) is 0 Å². The van der Waals surface area contributed by atoms with E-state index in [0.717, 1.165) is 5.01 Å². The minimum Gasteiger partial charge on any atom is -0.304 e. The van der Waals surface area contributed by atoms with Crippen LogP contribution in [-0.2, 0) is 4.79 Å². The summed E-state index contributed by atoms with van der Waals surface area (Å²) in [4.78, 5) is 20.2. The SMILES string of the molecule is NC(C=O)N(N)c1ccc([N+](=O)[O-])cc1. The Morgan fingerprint density at radius 2 is 1.93 bits per heavy atom. The third kappa shape index (κ3) is 2.48. The van der Waals surface area contributed by atoms with Crippen LogP contribution in [-0.4, -0.2) is 17.4 Å². The molecule has 0 saturated carbocycles. The van der Waals surface area contributed by atoms with Gasteiger partial charge in [-0.3, -0.25) is 19.9 Å². The van der Waals surface area contributed by atoms with Crippen LogP contribution < -0.4 is 16.6 Å². The predicted octanol–water partition coefficient (Wildman–Crippen LogP) is -0.241. The van der Waals surface area contributed by atoms with Crippen molar-refractivity contribution in [3.8, 4) is 0 Å². The number of carbonyl (C=O) groups excluding carboxylic acids is 1. The molecule has 0 aliphatic heterocycles. The fraction of sp³-hybridized carbons (Fsp3) is 0.125. The van der Waals surface area contributed by atoms with Gasteiger partial charge in [0.2, 0.25) is 0 Å². The maximum Gasteiger partial charge on any atom is 0.269 e. The molecule has 0 saturated heterocycles. The molecule has 0 bridgehead atoms. The van der Waals surface area contributed by atoms with Crippen LogP contribution in [0.2, 0.25) is 0 Å². The number of hydrazine groups is 1. The Hall–Kier alpha value is -1.99. The zero-order chi connectivity index (χ0) is 11.4. The molecule has 4 N–H and O–H groups in total. The van der Waals surface area contributed by atoms with Gasteiger partial charge in [0.05, 0.1) is 10.6 Å². The molecule has 1 aromatic rings. The second-order valence-corrected chi connectivity index (χ2v) is 2.81. The van der Waals surface area contributed by atoms with Gasteiger partial charge in [0.1, 0.15) is 6.17 Å². The zero-order valence-electron chi connectivity index (χ0n) is 7.74. The van der Waals surface area contributed by atoms with E-state index in [4.69, 9.17) is 11.6 Å². The zero-order valence-corrected chi connectivity index (χ0v) is 7.74. The Balaban J connectivity index is 2.88. The Morgan fingerprint density at radius 3 is 2.33 bits per heavy atom. The maximum atomic E-state index is 10.4. The molecule has 0 aliphatic carbocycles. The lowest BCUT2D eigenvalue weighted by Crippen LogP contribution is -2.48. The first-order chi connectivity index (χ1) is 7.06. The van der Waals surface area contributed by atoms with Crippen LogP contribution in [0.5, 0.6) is 0 Å². The number of non-ortho nitro benzene ring substituents is 1. The highest BCUT2D eigenvalue weighted by atomic mass is 16.6. The van der Waals surface area contributed by atoms with E-state index in [-0.39, 0.29) is 5.69 Å². The topological polar surface area (TPSA) is 115 Å². The lowest BCUT2D eigenvalue weighted by molar-refractivity contribution is -0.384. The first-order valence-electron chi connectivity index (χ1n) is 4.05. The van der Waals surface area contributed by atoms with E-state index in [0.29, 0.717) is 12.0 Å². The number of carbonyl (C=O) groups is 1. The number of hydrogen-bond acceptors (Lipinski definition) is 6. The fourth-order valence-electron chi connectivity index (χ4n) is 0.984. The number of hydrogen-bond donors (Lipinski definition) is 2. The van der Waals surface area contributed by atoms with Crippen molar-refractivity contribution < 1.29 is 9.72 Å². The van der Waals surface area contributed by atoms with Crippen molar-refractivity contribution in [2.75, 3.05) is 5.01 Å². The van der Waals surface area contributed by atoms with Crippen molar-refractivity contribution >= 4 is 17.7 Å². The Labute approximate surface area is 85.4 Å². The molecule has 7 heteroatoms. The van der Waals surface area contributed by atoms with Gasteiger partial charge in [0.25, 0.3) is 5.69 Å². The highest BCUT2D eigenvalue weighted by Crippen LogP contribution is 2.17. The molecular weight excluding hydrogens is 200 g/mol. The molecule has 1 aromatic carbocycles. The minimum atomic E-state index is -0.966. The summed E-state index contributed by atoms with van der Waals surface area (Å²) in [5.41, 5.74) is 5.73. The summed E-state index contributed by atoms with van der Waals surface area (Å²) in [5.74, 6) is 5.48. The number of nitro groups is 1. The van der Waals surface area contributed by atoms with Crippen LogP contribution >= 0.6 is 0 Å². The number of nitrogens with zero attached hydrogens (tertiary/aromatic N) is 2. The second kappa shape index (κ2) is 4.49. The first-order valence-corrected chi connectivity index (χ1v) is 4.05. The highest BCUT2D eigenvalue weighted by Gasteiger charge is 2.11. The third-order valence-corrected chi connectivity index (χ3v) is 1.82. The monoisotopic (exact) mass is 210 g/mol. The minimum absolute atomic E-state index is 0.0492. The van der Waals surface area contributed by atoms with E-state index in [9.17, 15) is 14.9 Å². The molecule has 0 amide bonds. The standard InChI is InChI=1S/C8H10N4O3/c9-8(5-13)11(10)6-1-3-7(4-2-6)12(14)15/h1-5,8H,9-10H2. The smallest absolute Gasteiger partial charge is 0.269 e. The summed E-state index contributed by atoms with van der Waals surface area (Å²) >= 11 is 0. The average Bonchev–Trinajstić information content (AvgIpc) is 2.27. The fourth-order valence-corrected chi connectivity index (χ4v) is 0.984. The molecule has 0 aromatic heterocycles. The Morgan fingerprint density at radius 1 is 1.40 bits per heavy atom. The predicted molar refractivity (Wildman–Crippen MR) is 53.8 cm³/mol. The summed E-state index contributed by atoms with van der Waals surface area (Å²) in [6, 6.07) is 5.41. The Bertz CT molecular complexity index is 365. The molecule has 1 rings (SSSR count). The van der Waals surface area contributed by atoms with Gasteiger partial charge in [-0.2, -0.15) is 0 Å². The van der Waals surface area contributed by atoms with Gasteiger partial charge in [0, 0.05) is 12.1 Å². The van der Waals surface area contributed by atoms with E-state index < -0.39 is 11.1 Å². The average molecular weight is 210 g/mol. The molecule has 0 radical (unpaired) electrons. The van der Waals surface area contributed by atoms with Crippen molar-refractivity contribution in [1.82, 2.24) is 0 Å². The highest BCUT2D eigenvalue weighted by molar-refractivity contribution is 5.64. The molecule has 0 heterocycles. The van der Waals surface area contributed by atoms with Gasteiger partial charge in [-0.25, -0.2) is 5.84 Å². The lowest BCUT2D eigenvalue weighted by atomic mass is 10.2. The second-order valence-electron chi connectivity index (χ2n) is 2.81. The van der Waals surface area contributed by atoms with Gasteiger partial charge in [-0.15, -0.1) is 0 Å². The number of nitro benzene ring substituents is 1. The largest absolute Gasteiger partial charge is 0.304 e. The summed E-state index contributed by atoms with van der Waals surface area (Å²) in [6.45, 7) is 0. The van der Waals surface area contributed by atoms with E-state index in [1.165, 1.54) is 24.3 Å². The van der Waals surface area contributed by atoms with Crippen molar-refractivity contribution in [2.24, 2.45) is 11.6 Å². The molecule has 1 atom stereocenters. The van der Waals surface area contributed by atoms with Crippen LogP contribution in [0.3, 0.4) is 0 Å². The van der Waals surface area contributed by atoms with E-state index in [2.05, 4.69) is 0 Å². The summed E-state index contributed by atoms with van der Waals surface area (Å²) in [5, 5.41) is 11.4. The van der Waals surface area contributed by atoms with Gasteiger partial charge in [0.15, 0.2) is 6.29 Å². The Kier molecular flexibility index (Phi) is 3.32. The number of anilines is 1. The van der Waals surface area contributed by atoms with E-state index >= 15 is 0 Å². The molecule has 0 aliphatic rings. The van der Waals surface area contributed by atoms with Crippen LogP contribution in [0.15, 0.2) is 24.3 Å². The number of nitrogens with two attached hydrogens (primary N) is 2. The van der Waals surface area contributed by atoms with Gasteiger partial charge >= 0.3 is 0 Å². The number of aldehydes is 1. The molecule has 0 fully saturated rings. The molecule has 0 spiro atoms. The lowest BCUT2D eigenvalue weighted by Gasteiger charge is -2.21. The van der Waals surface area contributed by atoms with E-state index in [1.54, 1.807) is 0 Å². The summed E-state index contributed by atoms with van der Waals surface area (Å²) in [6.07, 6.45) is -0.493. The van der Waals surface area contributed by atoms with E-state index in [1.807, 2.05) is 0 Å². The van der Waals surface area contributed by atoms with Crippen molar-refractivity contribution in [2.45, 2.75) is 6.17 Å². The van der Waals surface area contributed by atoms with Crippen molar-refractivity contribution in [1.29, 1.82) is 0 Å². The first kappa shape index (κ1) is 11.1. The molecule has 15 heavy (non-hydrogen) atoms.